The number of ketones is 1. The number of carbonyl (C=O) groups excluding carboxylic acids is 1. The van der Waals surface area contributed by atoms with Gasteiger partial charge in [-0.1, -0.05) is 0 Å². The number of aliphatic carboxylic acids is 1. The number of carboxylic acids is 1. The fourth-order valence-electron chi connectivity index (χ4n) is 0.752. The van der Waals surface area contributed by atoms with Crippen LogP contribution in [-0.2, 0) is 14.3 Å². The molecule has 0 bridgehead atoms. The minimum absolute atomic E-state index is 0.0632. The molecule has 0 spiro atoms. The van der Waals surface area contributed by atoms with E-state index < -0.39 is 5.97 Å². The number of methoxy groups -OCH3 is 1. The zero-order valence-electron chi connectivity index (χ0n) is 7.37. The summed E-state index contributed by atoms with van der Waals surface area (Å²) in [5.41, 5.74) is 0. The second-order valence-electron chi connectivity index (χ2n) is 2.68. The predicted octanol–water partition coefficient (Wildman–Crippen LogP) is 0.845. The number of ether oxygens (including phenoxy) is 1. The smallest absolute Gasteiger partial charge is 0.303 e. The first kappa shape index (κ1) is 11.1. The molecule has 1 N–H and O–H groups in total. The van der Waals surface area contributed by atoms with E-state index in [9.17, 15) is 9.59 Å². The van der Waals surface area contributed by atoms with Crippen LogP contribution >= 0.6 is 0 Å². The molecule has 0 aliphatic carbocycles. The predicted molar refractivity (Wildman–Crippen MR) is 43.0 cm³/mol. The summed E-state index contributed by atoms with van der Waals surface area (Å²) in [5, 5.41) is 8.27. The first-order valence-corrected chi connectivity index (χ1v) is 3.82. The van der Waals surface area contributed by atoms with E-state index in [4.69, 9.17) is 9.84 Å². The van der Waals surface area contributed by atoms with Gasteiger partial charge in [0.1, 0.15) is 5.78 Å². The van der Waals surface area contributed by atoms with Crippen molar-refractivity contribution >= 4 is 11.8 Å². The van der Waals surface area contributed by atoms with Gasteiger partial charge in [0.05, 0.1) is 12.5 Å². The van der Waals surface area contributed by atoms with Crippen molar-refractivity contribution in [3.8, 4) is 0 Å². The average molecular weight is 174 g/mol. The summed E-state index contributed by atoms with van der Waals surface area (Å²) in [7, 11) is 1.52. The third-order valence-corrected chi connectivity index (χ3v) is 1.54. The molecule has 0 fully saturated rings. The molecular formula is C8H14O4. The SMILES string of the molecule is COC(C)CC(=O)CCC(=O)O. The monoisotopic (exact) mass is 174 g/mol. The summed E-state index contributed by atoms with van der Waals surface area (Å²) in [5.74, 6) is -1.000. The number of Topliss-reactive ketones (excluding diaryl/α,β-unsaturated/α-hetero) is 1. The summed E-state index contributed by atoms with van der Waals surface area (Å²) in [6, 6.07) is 0. The van der Waals surface area contributed by atoms with Gasteiger partial charge < -0.3 is 9.84 Å². The Bertz CT molecular complexity index is 164. The van der Waals surface area contributed by atoms with Crippen LogP contribution in [0.1, 0.15) is 26.2 Å². The molecule has 0 aliphatic heterocycles. The van der Waals surface area contributed by atoms with Crippen LogP contribution in [0.5, 0.6) is 0 Å². The largest absolute Gasteiger partial charge is 0.481 e. The summed E-state index contributed by atoms with van der Waals surface area (Å²) in [6.45, 7) is 1.78. The Morgan fingerprint density at radius 1 is 1.42 bits per heavy atom. The lowest BCUT2D eigenvalue weighted by Gasteiger charge is -2.06. The Kier molecular flexibility index (Phi) is 5.28. The molecule has 4 nitrogen and oxygen atoms in total. The highest BCUT2D eigenvalue weighted by molar-refractivity contribution is 5.82. The topological polar surface area (TPSA) is 63.6 Å². The average Bonchev–Trinajstić information content (AvgIpc) is 2.00. The summed E-state index contributed by atoms with van der Waals surface area (Å²) >= 11 is 0. The normalized spacial score (nSPS) is 12.5. The number of rotatable bonds is 6. The third-order valence-electron chi connectivity index (χ3n) is 1.54. The van der Waals surface area contributed by atoms with Gasteiger partial charge in [-0.3, -0.25) is 9.59 Å². The highest BCUT2D eigenvalue weighted by atomic mass is 16.5. The van der Waals surface area contributed by atoms with E-state index >= 15 is 0 Å². The molecule has 1 unspecified atom stereocenters. The molecule has 0 radical (unpaired) electrons. The first-order valence-electron chi connectivity index (χ1n) is 3.82. The van der Waals surface area contributed by atoms with Crippen molar-refractivity contribution in [1.29, 1.82) is 0 Å². The van der Waals surface area contributed by atoms with Crippen molar-refractivity contribution < 1.29 is 19.4 Å². The lowest BCUT2D eigenvalue weighted by Crippen LogP contribution is -2.13. The summed E-state index contributed by atoms with van der Waals surface area (Å²) < 4.78 is 4.86. The maximum atomic E-state index is 11.0. The van der Waals surface area contributed by atoms with Crippen LogP contribution < -0.4 is 0 Å². The van der Waals surface area contributed by atoms with Crippen molar-refractivity contribution in [1.82, 2.24) is 0 Å². The van der Waals surface area contributed by atoms with E-state index in [0.717, 1.165) is 0 Å². The highest BCUT2D eigenvalue weighted by Crippen LogP contribution is 2.01. The van der Waals surface area contributed by atoms with Gasteiger partial charge in [-0.25, -0.2) is 0 Å². The molecule has 0 saturated carbocycles. The van der Waals surface area contributed by atoms with Crippen LogP contribution in [0.4, 0.5) is 0 Å². The zero-order chi connectivity index (χ0) is 9.56. The van der Waals surface area contributed by atoms with Gasteiger partial charge in [-0.15, -0.1) is 0 Å². The van der Waals surface area contributed by atoms with E-state index in [0.29, 0.717) is 6.42 Å². The molecule has 70 valence electrons. The van der Waals surface area contributed by atoms with E-state index in [2.05, 4.69) is 0 Å². The molecular weight excluding hydrogens is 160 g/mol. The number of hydrogen-bond donors (Lipinski definition) is 1. The molecule has 0 saturated heterocycles. The second kappa shape index (κ2) is 5.71. The highest BCUT2D eigenvalue weighted by Gasteiger charge is 2.09. The molecule has 12 heavy (non-hydrogen) atoms. The van der Waals surface area contributed by atoms with E-state index in [1.165, 1.54) is 7.11 Å². The Balaban J connectivity index is 3.53. The van der Waals surface area contributed by atoms with Gasteiger partial charge in [0.15, 0.2) is 0 Å². The standard InChI is InChI=1S/C8H14O4/c1-6(12-2)5-7(9)3-4-8(10)11/h6H,3-5H2,1-2H3,(H,10,11). The number of hydrogen-bond acceptors (Lipinski definition) is 3. The zero-order valence-corrected chi connectivity index (χ0v) is 7.37. The van der Waals surface area contributed by atoms with E-state index in [1.807, 2.05) is 0 Å². The maximum Gasteiger partial charge on any atom is 0.303 e. The van der Waals surface area contributed by atoms with Crippen molar-refractivity contribution in [2.75, 3.05) is 7.11 Å². The quantitative estimate of drug-likeness (QED) is 0.648. The fourth-order valence-corrected chi connectivity index (χ4v) is 0.752. The van der Waals surface area contributed by atoms with Crippen LogP contribution in [0.2, 0.25) is 0 Å². The van der Waals surface area contributed by atoms with E-state index in [-0.39, 0.29) is 24.7 Å². The second-order valence-corrected chi connectivity index (χ2v) is 2.68. The Morgan fingerprint density at radius 2 is 2.00 bits per heavy atom. The number of carbonyl (C=O) groups is 2. The van der Waals surface area contributed by atoms with Gasteiger partial charge in [0.2, 0.25) is 0 Å². The lowest BCUT2D eigenvalue weighted by atomic mass is 10.1. The Labute approximate surface area is 71.5 Å². The maximum absolute atomic E-state index is 11.0. The van der Waals surface area contributed by atoms with Crippen molar-refractivity contribution in [2.24, 2.45) is 0 Å². The summed E-state index contributed by atoms with van der Waals surface area (Å²) in [6.07, 6.45) is 0.188. The van der Waals surface area contributed by atoms with Crippen LogP contribution in [0, 0.1) is 0 Å². The molecule has 0 aromatic heterocycles. The van der Waals surface area contributed by atoms with E-state index in [1.54, 1.807) is 6.92 Å². The molecule has 0 aromatic rings. The van der Waals surface area contributed by atoms with Gasteiger partial charge >= 0.3 is 5.97 Å². The Hall–Kier alpha value is -0.900. The molecule has 4 heteroatoms. The number of carboxylic acid groups (broad SMARTS) is 1. The van der Waals surface area contributed by atoms with Crippen LogP contribution in [0.15, 0.2) is 0 Å². The fraction of sp³-hybridized carbons (Fsp3) is 0.750. The molecule has 0 aromatic carbocycles. The van der Waals surface area contributed by atoms with Gasteiger partial charge in [0.25, 0.3) is 0 Å². The first-order chi connectivity index (χ1) is 5.56. The van der Waals surface area contributed by atoms with Crippen LogP contribution in [0.3, 0.4) is 0 Å². The van der Waals surface area contributed by atoms with Gasteiger partial charge in [-0.2, -0.15) is 0 Å². The Morgan fingerprint density at radius 3 is 2.42 bits per heavy atom. The molecule has 0 rings (SSSR count). The van der Waals surface area contributed by atoms with Crippen molar-refractivity contribution in [3.63, 3.8) is 0 Å². The minimum atomic E-state index is -0.937. The van der Waals surface area contributed by atoms with Crippen LogP contribution in [-0.4, -0.2) is 30.1 Å². The minimum Gasteiger partial charge on any atom is -0.481 e. The molecule has 0 amide bonds. The van der Waals surface area contributed by atoms with Gasteiger partial charge in [0, 0.05) is 20.0 Å². The molecule has 0 heterocycles. The van der Waals surface area contributed by atoms with Gasteiger partial charge in [-0.05, 0) is 6.92 Å². The molecule has 0 aliphatic rings. The van der Waals surface area contributed by atoms with Crippen molar-refractivity contribution in [3.05, 3.63) is 0 Å². The third kappa shape index (κ3) is 5.85. The summed E-state index contributed by atoms with van der Waals surface area (Å²) in [4.78, 5) is 21.0. The lowest BCUT2D eigenvalue weighted by molar-refractivity contribution is -0.138. The molecule has 1 atom stereocenters. The van der Waals surface area contributed by atoms with Crippen molar-refractivity contribution in [2.45, 2.75) is 32.3 Å². The van der Waals surface area contributed by atoms with Crippen LogP contribution in [0.25, 0.3) is 0 Å².